The minimum Gasteiger partial charge on any atom is -0.464 e. The van der Waals surface area contributed by atoms with Crippen molar-refractivity contribution in [1.29, 1.82) is 0 Å². The molecule has 2 aliphatic heterocycles. The SMILES string of the molecule is Cc1ccc(C2=NN3[C@@H](C2)c2cc(Br)ccc2O[C@H]3c2ccc(OC(=O)c3ccc(Br)cc3)cc2)s1. The molecule has 36 heavy (non-hydrogen) atoms. The van der Waals surface area contributed by atoms with Gasteiger partial charge in [-0.25, -0.2) is 9.80 Å². The van der Waals surface area contributed by atoms with Crippen molar-refractivity contribution in [3.05, 3.63) is 114 Å². The zero-order chi connectivity index (χ0) is 24.8. The lowest BCUT2D eigenvalue weighted by molar-refractivity contribution is -0.0190. The molecule has 5 nitrogen and oxygen atoms in total. The Kier molecular flexibility index (Phi) is 6.19. The third-order valence-corrected chi connectivity index (χ3v) is 8.30. The third-order valence-electron chi connectivity index (χ3n) is 6.23. The summed E-state index contributed by atoms with van der Waals surface area (Å²) in [5, 5.41) is 7.09. The number of fused-ring (bicyclic) bond motifs is 3. The average Bonchev–Trinajstić information content (AvgIpc) is 3.51. The van der Waals surface area contributed by atoms with Crippen molar-refractivity contribution in [1.82, 2.24) is 5.01 Å². The fourth-order valence-corrected chi connectivity index (χ4v) is 5.97. The molecule has 2 aliphatic rings. The maximum Gasteiger partial charge on any atom is 0.343 e. The van der Waals surface area contributed by atoms with Gasteiger partial charge >= 0.3 is 5.97 Å². The summed E-state index contributed by atoms with van der Waals surface area (Å²) in [6.07, 6.45) is 0.421. The molecule has 0 unspecified atom stereocenters. The number of ether oxygens (including phenoxy) is 2. The van der Waals surface area contributed by atoms with Gasteiger partial charge in [-0.2, -0.15) is 5.10 Å². The van der Waals surface area contributed by atoms with Crippen molar-refractivity contribution < 1.29 is 14.3 Å². The second-order valence-corrected chi connectivity index (χ2v) is 11.8. The van der Waals surface area contributed by atoms with E-state index in [1.807, 2.05) is 36.4 Å². The molecule has 3 aromatic carbocycles. The van der Waals surface area contributed by atoms with Crippen molar-refractivity contribution in [2.24, 2.45) is 5.10 Å². The number of carbonyl (C=O) groups excluding carboxylic acids is 1. The molecule has 0 N–H and O–H groups in total. The standard InChI is InChI=1S/C28H20Br2N2O3S/c1-16-2-13-26(36-16)23-15-24-22-14-20(30)9-12-25(22)35-27(32(24)31-23)17-5-10-21(11-6-17)34-28(33)18-3-7-19(29)8-4-18/h2-14,24,27H,15H2,1H3/t24-,27-/m0/s1. The van der Waals surface area contributed by atoms with E-state index in [-0.39, 0.29) is 6.04 Å². The van der Waals surface area contributed by atoms with Crippen LogP contribution in [0.25, 0.3) is 0 Å². The molecule has 6 rings (SSSR count). The highest BCUT2D eigenvalue weighted by Crippen LogP contribution is 2.48. The van der Waals surface area contributed by atoms with E-state index >= 15 is 0 Å². The van der Waals surface area contributed by atoms with Crippen LogP contribution in [0.1, 0.15) is 49.9 Å². The molecule has 0 saturated carbocycles. The van der Waals surface area contributed by atoms with E-state index in [2.05, 4.69) is 62.0 Å². The summed E-state index contributed by atoms with van der Waals surface area (Å²) in [5.74, 6) is 0.931. The lowest BCUT2D eigenvalue weighted by Gasteiger charge is -2.38. The van der Waals surface area contributed by atoms with Gasteiger partial charge in [0.15, 0.2) is 0 Å². The predicted octanol–water partition coefficient (Wildman–Crippen LogP) is 8.04. The van der Waals surface area contributed by atoms with Gasteiger partial charge in [-0.1, -0.05) is 31.9 Å². The van der Waals surface area contributed by atoms with Crippen LogP contribution in [-0.2, 0) is 0 Å². The number of esters is 1. The fourth-order valence-electron chi connectivity index (χ4n) is 4.47. The van der Waals surface area contributed by atoms with Gasteiger partial charge in [0, 0.05) is 31.4 Å². The van der Waals surface area contributed by atoms with Crippen molar-refractivity contribution in [2.45, 2.75) is 25.6 Å². The first-order chi connectivity index (χ1) is 17.4. The number of thiophene rings is 1. The molecule has 2 atom stereocenters. The second-order valence-electron chi connectivity index (χ2n) is 8.67. The lowest BCUT2D eigenvalue weighted by Crippen LogP contribution is -2.33. The molecule has 0 aliphatic carbocycles. The van der Waals surface area contributed by atoms with Gasteiger partial charge in [0.1, 0.15) is 11.5 Å². The molecule has 180 valence electrons. The van der Waals surface area contributed by atoms with Crippen LogP contribution >= 0.6 is 43.2 Å². The molecule has 0 fully saturated rings. The Hall–Kier alpha value is -2.94. The first kappa shape index (κ1) is 23.5. The first-order valence-corrected chi connectivity index (χ1v) is 13.8. The van der Waals surface area contributed by atoms with Crippen LogP contribution in [0.3, 0.4) is 0 Å². The largest absolute Gasteiger partial charge is 0.464 e. The van der Waals surface area contributed by atoms with Gasteiger partial charge in [0.05, 0.1) is 22.2 Å². The van der Waals surface area contributed by atoms with E-state index in [0.717, 1.165) is 38.0 Å². The van der Waals surface area contributed by atoms with Crippen LogP contribution in [0.2, 0.25) is 0 Å². The number of carbonyl (C=O) groups is 1. The minimum absolute atomic E-state index is 0.0727. The fraction of sp³-hybridized carbons (Fsp3) is 0.143. The van der Waals surface area contributed by atoms with E-state index in [0.29, 0.717) is 11.3 Å². The van der Waals surface area contributed by atoms with Crippen LogP contribution in [0.15, 0.2) is 92.9 Å². The highest BCUT2D eigenvalue weighted by molar-refractivity contribution is 9.10. The number of nitrogens with zero attached hydrogens (tertiary/aromatic N) is 2. The van der Waals surface area contributed by atoms with Crippen molar-refractivity contribution in [3.63, 3.8) is 0 Å². The maximum atomic E-state index is 12.5. The normalized spacial score (nSPS) is 18.2. The Labute approximate surface area is 229 Å². The molecule has 0 bridgehead atoms. The molecular formula is C28H20Br2N2O3S. The number of benzene rings is 3. The van der Waals surface area contributed by atoms with Crippen LogP contribution in [-0.4, -0.2) is 16.7 Å². The number of halogens is 2. The molecule has 3 heterocycles. The van der Waals surface area contributed by atoms with E-state index in [9.17, 15) is 4.79 Å². The van der Waals surface area contributed by atoms with Gasteiger partial charge in [0.25, 0.3) is 0 Å². The van der Waals surface area contributed by atoms with E-state index in [1.54, 1.807) is 35.6 Å². The second kappa shape index (κ2) is 9.50. The highest BCUT2D eigenvalue weighted by Gasteiger charge is 2.41. The summed E-state index contributed by atoms with van der Waals surface area (Å²) in [4.78, 5) is 15.0. The summed E-state index contributed by atoms with van der Waals surface area (Å²) in [5.41, 5.74) is 3.61. The molecule has 0 amide bonds. The number of hydrogen-bond acceptors (Lipinski definition) is 6. The number of hydrogen-bond donors (Lipinski definition) is 0. The quantitative estimate of drug-likeness (QED) is 0.170. The topological polar surface area (TPSA) is 51.1 Å². The van der Waals surface area contributed by atoms with E-state index in [1.165, 1.54) is 9.75 Å². The zero-order valence-corrected chi connectivity index (χ0v) is 23.1. The minimum atomic E-state index is -0.399. The number of aryl methyl sites for hydroxylation is 1. The Morgan fingerprint density at radius 2 is 1.75 bits per heavy atom. The summed E-state index contributed by atoms with van der Waals surface area (Å²) in [6, 6.07) is 25.0. The summed E-state index contributed by atoms with van der Waals surface area (Å²) in [6.45, 7) is 2.11. The van der Waals surface area contributed by atoms with E-state index < -0.39 is 12.2 Å². The van der Waals surface area contributed by atoms with Gasteiger partial charge < -0.3 is 9.47 Å². The van der Waals surface area contributed by atoms with Crippen molar-refractivity contribution in [2.75, 3.05) is 0 Å². The summed E-state index contributed by atoms with van der Waals surface area (Å²) < 4.78 is 14.0. The zero-order valence-electron chi connectivity index (χ0n) is 19.2. The van der Waals surface area contributed by atoms with Gasteiger partial charge in [-0.3, -0.25) is 0 Å². The van der Waals surface area contributed by atoms with Crippen LogP contribution in [0.4, 0.5) is 0 Å². The molecule has 0 saturated heterocycles. The van der Waals surface area contributed by atoms with Gasteiger partial charge in [0.2, 0.25) is 6.23 Å². The van der Waals surface area contributed by atoms with Crippen molar-refractivity contribution >= 4 is 54.9 Å². The number of hydrazone groups is 1. The Morgan fingerprint density at radius 1 is 1.00 bits per heavy atom. The maximum absolute atomic E-state index is 12.5. The molecular weight excluding hydrogens is 604 g/mol. The number of rotatable bonds is 4. The first-order valence-electron chi connectivity index (χ1n) is 11.4. The smallest absolute Gasteiger partial charge is 0.343 e. The molecule has 8 heteroatoms. The van der Waals surface area contributed by atoms with Gasteiger partial charge in [-0.05, 0) is 85.8 Å². The highest BCUT2D eigenvalue weighted by atomic mass is 79.9. The summed E-state index contributed by atoms with van der Waals surface area (Å²) in [7, 11) is 0. The summed E-state index contributed by atoms with van der Waals surface area (Å²) >= 11 is 8.74. The monoisotopic (exact) mass is 622 g/mol. The molecule has 0 radical (unpaired) electrons. The molecule has 4 aromatic rings. The predicted molar refractivity (Wildman–Crippen MR) is 148 cm³/mol. The van der Waals surface area contributed by atoms with E-state index in [4.69, 9.17) is 14.6 Å². The Bertz CT molecular complexity index is 1480. The molecule has 1 aromatic heterocycles. The molecule has 0 spiro atoms. The third kappa shape index (κ3) is 4.49. The lowest BCUT2D eigenvalue weighted by atomic mass is 9.97. The Balaban J connectivity index is 1.29. The van der Waals surface area contributed by atoms with Crippen LogP contribution in [0, 0.1) is 6.92 Å². The van der Waals surface area contributed by atoms with Crippen LogP contribution < -0.4 is 9.47 Å². The van der Waals surface area contributed by atoms with Crippen molar-refractivity contribution in [3.8, 4) is 11.5 Å². The van der Waals surface area contributed by atoms with Crippen LogP contribution in [0.5, 0.6) is 11.5 Å². The Morgan fingerprint density at radius 3 is 2.47 bits per heavy atom. The van der Waals surface area contributed by atoms with Gasteiger partial charge in [-0.15, -0.1) is 11.3 Å². The average molecular weight is 624 g/mol.